The van der Waals surface area contributed by atoms with Crippen LogP contribution in [0.3, 0.4) is 0 Å². The minimum absolute atomic E-state index is 0. The summed E-state index contributed by atoms with van der Waals surface area (Å²) in [6.07, 6.45) is -8.15. The van der Waals surface area contributed by atoms with Gasteiger partial charge < -0.3 is 10.8 Å². The Labute approximate surface area is 104 Å². The molecule has 0 heterocycles. The second-order valence-corrected chi connectivity index (χ2v) is 3.28. The van der Waals surface area contributed by atoms with Crippen molar-refractivity contribution < 1.29 is 31.4 Å². The van der Waals surface area contributed by atoms with Crippen molar-refractivity contribution >= 4 is 12.4 Å². The van der Waals surface area contributed by atoms with Crippen molar-refractivity contribution in [2.24, 2.45) is 5.73 Å². The number of rotatable bonds is 2. The van der Waals surface area contributed by atoms with E-state index < -0.39 is 41.3 Å². The number of halogens is 7. The predicted octanol–water partition coefficient (Wildman–Crippen LogP) is 2.45. The highest BCUT2D eigenvalue weighted by atomic mass is 35.5. The number of hydrogen-bond acceptors (Lipinski definition) is 2. The Morgan fingerprint density at radius 2 is 1.56 bits per heavy atom. The molecule has 0 radical (unpaired) electrons. The lowest BCUT2D eigenvalue weighted by Crippen LogP contribution is -2.39. The first kappa shape index (κ1) is 17.0. The maximum absolute atomic E-state index is 13.1. The molecule has 1 aromatic carbocycles. The molecule has 0 aromatic heterocycles. The summed E-state index contributed by atoms with van der Waals surface area (Å²) >= 11 is 0. The highest BCUT2D eigenvalue weighted by molar-refractivity contribution is 5.85. The van der Waals surface area contributed by atoms with Crippen LogP contribution in [-0.4, -0.2) is 17.4 Å². The van der Waals surface area contributed by atoms with Gasteiger partial charge in [-0.3, -0.25) is 0 Å². The van der Waals surface area contributed by atoms with Gasteiger partial charge in [-0.25, -0.2) is 13.2 Å². The van der Waals surface area contributed by atoms with Gasteiger partial charge in [-0.15, -0.1) is 12.4 Å². The molecule has 0 saturated heterocycles. The van der Waals surface area contributed by atoms with Crippen LogP contribution in [0.15, 0.2) is 12.1 Å². The SMILES string of the molecule is Cl.N[C@@H](c1ccc(F)c(F)c1F)[C@H](O)C(F)(F)F. The molecule has 1 rings (SSSR count). The molecule has 0 aliphatic rings. The molecular formula is C9H8ClF6NO. The summed E-state index contributed by atoms with van der Waals surface area (Å²) in [5.41, 5.74) is 4.00. The first-order valence-electron chi connectivity index (χ1n) is 4.30. The molecular weight excluding hydrogens is 288 g/mol. The Kier molecular flexibility index (Phi) is 5.45. The summed E-state index contributed by atoms with van der Waals surface area (Å²) in [5.74, 6) is -5.34. The summed E-state index contributed by atoms with van der Waals surface area (Å²) < 4.78 is 74.6. The zero-order chi connectivity index (χ0) is 13.4. The molecule has 2 nitrogen and oxygen atoms in total. The molecule has 3 N–H and O–H groups in total. The van der Waals surface area contributed by atoms with Crippen LogP contribution in [0.1, 0.15) is 11.6 Å². The summed E-state index contributed by atoms with van der Waals surface area (Å²) in [6, 6.07) is -1.26. The van der Waals surface area contributed by atoms with E-state index in [9.17, 15) is 26.3 Å². The lowest BCUT2D eigenvalue weighted by molar-refractivity contribution is -0.210. The van der Waals surface area contributed by atoms with E-state index >= 15 is 0 Å². The predicted molar refractivity (Wildman–Crippen MR) is 52.6 cm³/mol. The number of nitrogens with two attached hydrogens (primary N) is 1. The first-order valence-corrected chi connectivity index (χ1v) is 4.30. The second kappa shape index (κ2) is 5.77. The number of hydrogen-bond donors (Lipinski definition) is 2. The van der Waals surface area contributed by atoms with Gasteiger partial charge in [0.1, 0.15) is 0 Å². The topological polar surface area (TPSA) is 46.2 Å². The normalized spacial score (nSPS) is 14.9. The molecule has 18 heavy (non-hydrogen) atoms. The molecule has 0 fully saturated rings. The lowest BCUT2D eigenvalue weighted by atomic mass is 10.0. The smallest absolute Gasteiger partial charge is 0.382 e. The summed E-state index contributed by atoms with van der Waals surface area (Å²) in [4.78, 5) is 0. The Bertz CT molecular complexity index is 424. The molecule has 104 valence electrons. The van der Waals surface area contributed by atoms with Crippen molar-refractivity contribution in [2.75, 3.05) is 0 Å². The standard InChI is InChI=1S/C9H7F6NO.ClH/c10-4-2-1-3(5(11)6(4)12)7(16)8(17)9(13,14)15;/h1-2,7-8,17H,16H2;1H/t7-,8-;/m0./s1. The van der Waals surface area contributed by atoms with Crippen LogP contribution < -0.4 is 5.73 Å². The van der Waals surface area contributed by atoms with Gasteiger partial charge in [0.25, 0.3) is 0 Å². The summed E-state index contributed by atoms with van der Waals surface area (Å²) in [6.45, 7) is 0. The van der Waals surface area contributed by atoms with E-state index in [2.05, 4.69) is 0 Å². The van der Waals surface area contributed by atoms with Gasteiger partial charge in [-0.05, 0) is 6.07 Å². The summed E-state index contributed by atoms with van der Waals surface area (Å²) in [5, 5.41) is 8.76. The molecule has 0 unspecified atom stereocenters. The van der Waals surface area contributed by atoms with Gasteiger partial charge in [-0.1, -0.05) is 6.07 Å². The third kappa shape index (κ3) is 3.27. The summed E-state index contributed by atoms with van der Waals surface area (Å²) in [7, 11) is 0. The average Bonchev–Trinajstić information content (AvgIpc) is 2.23. The molecule has 9 heteroatoms. The van der Waals surface area contributed by atoms with Crippen LogP contribution in [-0.2, 0) is 0 Å². The molecule has 1 aromatic rings. The largest absolute Gasteiger partial charge is 0.416 e. The zero-order valence-corrected chi connectivity index (χ0v) is 9.33. The van der Waals surface area contributed by atoms with Gasteiger partial charge in [0.15, 0.2) is 23.6 Å². The van der Waals surface area contributed by atoms with Crippen LogP contribution in [0.4, 0.5) is 26.3 Å². The van der Waals surface area contributed by atoms with E-state index in [4.69, 9.17) is 10.8 Å². The van der Waals surface area contributed by atoms with Gasteiger partial charge in [0, 0.05) is 5.56 Å². The zero-order valence-electron chi connectivity index (χ0n) is 8.51. The molecule has 2 atom stereocenters. The second-order valence-electron chi connectivity index (χ2n) is 3.28. The van der Waals surface area contributed by atoms with E-state index in [0.29, 0.717) is 12.1 Å². The van der Waals surface area contributed by atoms with Gasteiger partial charge in [-0.2, -0.15) is 13.2 Å². The van der Waals surface area contributed by atoms with E-state index in [1.165, 1.54) is 0 Å². The fraction of sp³-hybridized carbons (Fsp3) is 0.333. The van der Waals surface area contributed by atoms with Crippen molar-refractivity contribution in [2.45, 2.75) is 18.3 Å². The third-order valence-electron chi connectivity index (χ3n) is 2.10. The minimum Gasteiger partial charge on any atom is -0.382 e. The van der Waals surface area contributed by atoms with Gasteiger partial charge >= 0.3 is 6.18 Å². The van der Waals surface area contributed by atoms with Crippen LogP contribution in [0.25, 0.3) is 0 Å². The lowest BCUT2D eigenvalue weighted by Gasteiger charge is -2.22. The number of aliphatic hydroxyl groups is 1. The van der Waals surface area contributed by atoms with Gasteiger partial charge in [0.2, 0.25) is 0 Å². The third-order valence-corrected chi connectivity index (χ3v) is 2.10. The van der Waals surface area contributed by atoms with Crippen molar-refractivity contribution in [1.82, 2.24) is 0 Å². The quantitative estimate of drug-likeness (QED) is 0.650. The maximum Gasteiger partial charge on any atom is 0.416 e. The highest BCUT2D eigenvalue weighted by Crippen LogP contribution is 2.30. The van der Waals surface area contributed by atoms with E-state index in [-0.39, 0.29) is 12.4 Å². The van der Waals surface area contributed by atoms with Crippen LogP contribution in [0.5, 0.6) is 0 Å². The van der Waals surface area contributed by atoms with Gasteiger partial charge in [0.05, 0.1) is 6.04 Å². The van der Waals surface area contributed by atoms with Crippen molar-refractivity contribution in [3.05, 3.63) is 35.1 Å². The molecule has 0 aliphatic carbocycles. The highest BCUT2D eigenvalue weighted by Gasteiger charge is 2.43. The van der Waals surface area contributed by atoms with Crippen LogP contribution in [0, 0.1) is 17.5 Å². The molecule has 0 saturated carbocycles. The number of benzene rings is 1. The Morgan fingerprint density at radius 3 is 2.00 bits per heavy atom. The van der Waals surface area contributed by atoms with Crippen LogP contribution >= 0.6 is 12.4 Å². The Balaban J connectivity index is 0.00000289. The van der Waals surface area contributed by atoms with Crippen molar-refractivity contribution in [1.29, 1.82) is 0 Å². The fourth-order valence-corrected chi connectivity index (χ4v) is 1.17. The monoisotopic (exact) mass is 295 g/mol. The first-order chi connectivity index (χ1) is 7.66. The Hall–Kier alpha value is -0.990. The molecule has 0 aliphatic heterocycles. The molecule has 0 bridgehead atoms. The Morgan fingerprint density at radius 1 is 1.06 bits per heavy atom. The average molecular weight is 296 g/mol. The van der Waals surface area contributed by atoms with Crippen molar-refractivity contribution in [3.8, 4) is 0 Å². The fourth-order valence-electron chi connectivity index (χ4n) is 1.17. The van der Waals surface area contributed by atoms with E-state index in [0.717, 1.165) is 0 Å². The minimum atomic E-state index is -5.09. The number of aliphatic hydroxyl groups excluding tert-OH is 1. The van der Waals surface area contributed by atoms with E-state index in [1.54, 1.807) is 0 Å². The molecule has 0 amide bonds. The molecule has 0 spiro atoms. The van der Waals surface area contributed by atoms with Crippen LogP contribution in [0.2, 0.25) is 0 Å². The van der Waals surface area contributed by atoms with Crippen molar-refractivity contribution in [3.63, 3.8) is 0 Å². The number of alkyl halides is 3. The maximum atomic E-state index is 13.1. The van der Waals surface area contributed by atoms with E-state index in [1.807, 2.05) is 0 Å².